The van der Waals surface area contributed by atoms with E-state index in [0.29, 0.717) is 23.4 Å². The Hall–Kier alpha value is -3.15. The van der Waals surface area contributed by atoms with Crippen LogP contribution < -0.4 is 10.6 Å². The van der Waals surface area contributed by atoms with Gasteiger partial charge >= 0.3 is 5.97 Å². The molecule has 29 heavy (non-hydrogen) atoms. The highest BCUT2D eigenvalue weighted by Crippen LogP contribution is 2.23. The maximum atomic E-state index is 12.5. The summed E-state index contributed by atoms with van der Waals surface area (Å²) in [4.78, 5) is 36.6. The number of carbonyl (C=O) groups excluding carboxylic acids is 3. The van der Waals surface area contributed by atoms with Crippen molar-refractivity contribution in [3.8, 4) is 0 Å². The second-order valence-corrected chi connectivity index (χ2v) is 7.24. The smallest absolute Gasteiger partial charge is 0.339 e. The summed E-state index contributed by atoms with van der Waals surface area (Å²) in [7, 11) is 1.30. The van der Waals surface area contributed by atoms with Gasteiger partial charge in [-0.05, 0) is 42.7 Å². The van der Waals surface area contributed by atoms with Gasteiger partial charge in [-0.2, -0.15) is 0 Å². The quantitative estimate of drug-likeness (QED) is 0.727. The average Bonchev–Trinajstić information content (AvgIpc) is 2.78. The molecule has 0 saturated heterocycles. The fraction of sp³-hybridized carbons (Fsp3) is 0.348. The minimum atomic E-state index is -0.509. The van der Waals surface area contributed by atoms with Crippen molar-refractivity contribution in [2.75, 3.05) is 12.4 Å². The lowest BCUT2D eigenvalue weighted by Gasteiger charge is -2.20. The molecule has 2 aromatic rings. The molecule has 1 saturated carbocycles. The average molecular weight is 394 g/mol. The highest BCUT2D eigenvalue weighted by atomic mass is 16.5. The molecule has 0 spiro atoms. The molecule has 0 atom stereocenters. The minimum absolute atomic E-state index is 0.117. The zero-order valence-electron chi connectivity index (χ0n) is 16.6. The summed E-state index contributed by atoms with van der Waals surface area (Å²) in [5.74, 6) is -0.585. The van der Waals surface area contributed by atoms with Crippen LogP contribution in [0.3, 0.4) is 0 Å². The zero-order chi connectivity index (χ0) is 20.6. The molecule has 1 aliphatic carbocycles. The molecular weight excluding hydrogens is 368 g/mol. The van der Waals surface area contributed by atoms with E-state index in [1.165, 1.54) is 13.5 Å². The molecule has 6 nitrogen and oxygen atoms in total. The van der Waals surface area contributed by atoms with Gasteiger partial charge in [0, 0.05) is 18.0 Å². The number of carbonyl (C=O) groups is 3. The first-order chi connectivity index (χ1) is 14.1. The van der Waals surface area contributed by atoms with Crippen LogP contribution in [0.1, 0.15) is 58.4 Å². The van der Waals surface area contributed by atoms with Crippen LogP contribution in [0.2, 0.25) is 0 Å². The number of benzene rings is 2. The number of hydrogen-bond donors (Lipinski definition) is 2. The topological polar surface area (TPSA) is 84.5 Å². The maximum Gasteiger partial charge on any atom is 0.339 e. The Kier molecular flexibility index (Phi) is 7.00. The first-order valence-corrected chi connectivity index (χ1v) is 9.94. The van der Waals surface area contributed by atoms with Gasteiger partial charge in [-0.1, -0.05) is 43.5 Å². The number of hydrogen-bond acceptors (Lipinski definition) is 4. The van der Waals surface area contributed by atoms with Gasteiger partial charge in [-0.25, -0.2) is 4.79 Å². The van der Waals surface area contributed by atoms with Gasteiger partial charge in [-0.15, -0.1) is 0 Å². The molecule has 0 radical (unpaired) electrons. The number of amides is 2. The van der Waals surface area contributed by atoms with E-state index in [1.54, 1.807) is 36.4 Å². The van der Waals surface area contributed by atoms with Crippen LogP contribution in [0.15, 0.2) is 48.5 Å². The van der Waals surface area contributed by atoms with E-state index in [-0.39, 0.29) is 17.7 Å². The molecule has 0 aromatic heterocycles. The monoisotopic (exact) mass is 394 g/mol. The van der Waals surface area contributed by atoms with Gasteiger partial charge in [0.25, 0.3) is 5.91 Å². The van der Waals surface area contributed by atoms with E-state index >= 15 is 0 Å². The van der Waals surface area contributed by atoms with E-state index in [2.05, 4.69) is 10.6 Å². The summed E-state index contributed by atoms with van der Waals surface area (Å²) in [6, 6.07) is 13.7. The van der Waals surface area contributed by atoms with Crippen molar-refractivity contribution in [1.29, 1.82) is 0 Å². The second kappa shape index (κ2) is 9.87. The normalized spacial score (nSPS) is 14.1. The lowest BCUT2D eigenvalue weighted by Crippen LogP contribution is -2.31. The maximum absolute atomic E-state index is 12.5. The van der Waals surface area contributed by atoms with Gasteiger partial charge in [0.2, 0.25) is 5.91 Å². The van der Waals surface area contributed by atoms with E-state index in [9.17, 15) is 14.4 Å². The summed E-state index contributed by atoms with van der Waals surface area (Å²) in [5.41, 5.74) is 2.09. The molecule has 0 bridgehead atoms. The van der Waals surface area contributed by atoms with Crippen molar-refractivity contribution in [3.63, 3.8) is 0 Å². The Bertz CT molecular complexity index is 871. The highest BCUT2D eigenvalue weighted by Gasteiger charge is 2.20. The molecule has 2 N–H and O–H groups in total. The summed E-state index contributed by atoms with van der Waals surface area (Å²) in [5, 5.41) is 5.74. The van der Waals surface area contributed by atoms with Crippen LogP contribution in [-0.4, -0.2) is 24.9 Å². The van der Waals surface area contributed by atoms with Crippen LogP contribution in [0.5, 0.6) is 0 Å². The Balaban J connectivity index is 1.58. The fourth-order valence-corrected chi connectivity index (χ4v) is 3.55. The van der Waals surface area contributed by atoms with Crippen molar-refractivity contribution in [2.45, 2.75) is 38.6 Å². The molecule has 0 heterocycles. The van der Waals surface area contributed by atoms with Crippen LogP contribution in [-0.2, 0) is 16.1 Å². The SMILES string of the molecule is COC(=O)c1ccccc1NC(=O)c1ccc(CNC(=O)C2CCCCC2)cc1. The molecule has 3 rings (SSSR count). The molecule has 2 aromatic carbocycles. The van der Waals surface area contributed by atoms with Crippen LogP contribution >= 0.6 is 0 Å². The summed E-state index contributed by atoms with van der Waals surface area (Å²) < 4.78 is 4.75. The number of anilines is 1. The predicted molar refractivity (Wildman–Crippen MR) is 111 cm³/mol. The van der Waals surface area contributed by atoms with E-state index in [0.717, 1.165) is 31.2 Å². The Morgan fingerprint density at radius 1 is 0.966 bits per heavy atom. The molecule has 152 valence electrons. The highest BCUT2D eigenvalue weighted by molar-refractivity contribution is 6.08. The first kappa shape index (κ1) is 20.6. The lowest BCUT2D eigenvalue weighted by atomic mass is 9.88. The molecule has 1 fully saturated rings. The molecular formula is C23H26N2O4. The molecule has 1 aliphatic rings. The van der Waals surface area contributed by atoms with E-state index < -0.39 is 5.97 Å². The van der Waals surface area contributed by atoms with Crippen molar-refractivity contribution in [3.05, 3.63) is 65.2 Å². The largest absolute Gasteiger partial charge is 0.465 e. The lowest BCUT2D eigenvalue weighted by molar-refractivity contribution is -0.126. The molecule has 2 amide bonds. The van der Waals surface area contributed by atoms with Crippen molar-refractivity contribution < 1.29 is 19.1 Å². The Morgan fingerprint density at radius 2 is 1.66 bits per heavy atom. The van der Waals surface area contributed by atoms with Crippen LogP contribution in [0.25, 0.3) is 0 Å². The third kappa shape index (κ3) is 5.44. The molecule has 6 heteroatoms. The van der Waals surface area contributed by atoms with Crippen LogP contribution in [0, 0.1) is 5.92 Å². The van der Waals surface area contributed by atoms with Crippen LogP contribution in [0.4, 0.5) is 5.69 Å². The van der Waals surface area contributed by atoms with Crippen molar-refractivity contribution in [1.82, 2.24) is 5.32 Å². The van der Waals surface area contributed by atoms with E-state index in [1.807, 2.05) is 12.1 Å². The summed E-state index contributed by atoms with van der Waals surface area (Å²) in [6.07, 6.45) is 5.41. The van der Waals surface area contributed by atoms with E-state index in [4.69, 9.17) is 4.74 Å². The third-order valence-electron chi connectivity index (χ3n) is 5.24. The number of rotatable bonds is 6. The first-order valence-electron chi connectivity index (χ1n) is 9.94. The van der Waals surface area contributed by atoms with Gasteiger partial charge in [0.1, 0.15) is 0 Å². The minimum Gasteiger partial charge on any atom is -0.465 e. The summed E-state index contributed by atoms with van der Waals surface area (Å²) >= 11 is 0. The van der Waals surface area contributed by atoms with Gasteiger partial charge in [0.15, 0.2) is 0 Å². The predicted octanol–water partition coefficient (Wildman–Crippen LogP) is 3.92. The van der Waals surface area contributed by atoms with Crippen molar-refractivity contribution >= 4 is 23.5 Å². The second-order valence-electron chi connectivity index (χ2n) is 7.24. The molecule has 0 unspecified atom stereocenters. The standard InChI is InChI=1S/C23H26N2O4/c1-29-23(28)19-9-5-6-10-20(19)25-22(27)18-13-11-16(12-14-18)15-24-21(26)17-7-3-2-4-8-17/h5-6,9-14,17H,2-4,7-8,15H2,1H3,(H,24,26)(H,25,27). The Morgan fingerprint density at radius 3 is 2.34 bits per heavy atom. The Labute approximate surface area is 170 Å². The number of esters is 1. The number of para-hydroxylation sites is 1. The van der Waals surface area contributed by atoms with Crippen molar-refractivity contribution in [2.24, 2.45) is 5.92 Å². The fourth-order valence-electron chi connectivity index (χ4n) is 3.55. The summed E-state index contributed by atoms with van der Waals surface area (Å²) in [6.45, 7) is 0.447. The zero-order valence-corrected chi connectivity index (χ0v) is 16.6. The van der Waals surface area contributed by atoms with Gasteiger partial charge in [-0.3, -0.25) is 9.59 Å². The number of methoxy groups -OCH3 is 1. The van der Waals surface area contributed by atoms with Gasteiger partial charge in [0.05, 0.1) is 18.4 Å². The van der Waals surface area contributed by atoms with Gasteiger partial charge < -0.3 is 15.4 Å². The number of ether oxygens (including phenoxy) is 1. The third-order valence-corrected chi connectivity index (χ3v) is 5.24. The molecule has 0 aliphatic heterocycles. The number of nitrogens with one attached hydrogen (secondary N) is 2.